The summed E-state index contributed by atoms with van der Waals surface area (Å²) in [6.07, 6.45) is 1.04. The summed E-state index contributed by atoms with van der Waals surface area (Å²) in [6.45, 7) is 5.11. The van der Waals surface area contributed by atoms with Crippen molar-refractivity contribution in [1.82, 2.24) is 15.3 Å². The average molecular weight is 349 g/mol. The Morgan fingerprint density at radius 3 is 2.84 bits per heavy atom. The van der Waals surface area contributed by atoms with Gasteiger partial charge in [0.2, 0.25) is 0 Å². The molecule has 0 bridgehead atoms. The summed E-state index contributed by atoms with van der Waals surface area (Å²) >= 11 is 0. The Morgan fingerprint density at radius 2 is 2.16 bits per heavy atom. The summed E-state index contributed by atoms with van der Waals surface area (Å²) in [4.78, 5) is 29.6. The minimum atomic E-state index is -0.636. The summed E-state index contributed by atoms with van der Waals surface area (Å²) in [5.74, 6) is 0.450. The summed E-state index contributed by atoms with van der Waals surface area (Å²) in [5, 5.41) is 2.89. The number of carbonyl (C=O) groups excluding carboxylic acids is 1. The molecule has 134 valence electrons. The number of ether oxygens (including phenoxy) is 2. The van der Waals surface area contributed by atoms with Crippen LogP contribution in [0, 0.1) is 0 Å². The molecular weight excluding hydrogens is 329 g/mol. The molecule has 2 rings (SSSR count). The van der Waals surface area contributed by atoms with E-state index in [2.05, 4.69) is 15.3 Å². The van der Waals surface area contributed by atoms with Crippen LogP contribution in [0.15, 0.2) is 41.2 Å². The number of nitrogens with one attached hydrogen (secondary N) is 2. The quantitative estimate of drug-likeness (QED) is 0.866. The number of aromatic amines is 1. The Hall–Kier alpha value is -2.90. The van der Waals surface area contributed by atoms with Crippen molar-refractivity contribution in [1.29, 1.82) is 0 Å². The number of nitrogens with zero attached hydrogens (tertiary/aromatic N) is 1. The fourth-order valence-corrected chi connectivity index (χ4v) is 1.95. The van der Waals surface area contributed by atoms with Gasteiger partial charge in [0, 0.05) is 18.2 Å². The van der Waals surface area contributed by atoms with Gasteiger partial charge in [-0.05, 0) is 32.9 Å². The van der Waals surface area contributed by atoms with E-state index in [1.54, 1.807) is 39.0 Å². The highest BCUT2D eigenvalue weighted by Gasteiger charge is 2.16. The van der Waals surface area contributed by atoms with Gasteiger partial charge in [0.15, 0.2) is 0 Å². The van der Waals surface area contributed by atoms with E-state index in [0.29, 0.717) is 23.0 Å². The molecule has 0 saturated carbocycles. The molecule has 8 heteroatoms. The fraction of sp³-hybridized carbons (Fsp3) is 0.353. The van der Waals surface area contributed by atoms with Crippen LogP contribution in [-0.2, 0) is 4.74 Å². The molecule has 1 aromatic carbocycles. The molecule has 0 fully saturated rings. The Bertz CT molecular complexity index is 840. The molecule has 25 heavy (non-hydrogen) atoms. The maximum atomic E-state index is 13.0. The molecule has 0 spiro atoms. The standard InChI is InChI=1S/C17H20FN3O4/c1-17(2,3)25-16(23)19-8-11(7-18)9-24-12-4-5-13-14(6-12)20-10-21-15(13)22/h4-7,10H,8-9H2,1-3H3,(H,19,23)(H,20,21,22)/b11-7-. The molecule has 2 N–H and O–H groups in total. The van der Waals surface area contributed by atoms with Gasteiger partial charge in [0.25, 0.3) is 5.56 Å². The normalized spacial score (nSPS) is 12.1. The molecular formula is C17H20FN3O4. The smallest absolute Gasteiger partial charge is 0.407 e. The van der Waals surface area contributed by atoms with Crippen LogP contribution in [0.4, 0.5) is 9.18 Å². The number of alkyl carbamates (subject to hydrolysis) is 1. The van der Waals surface area contributed by atoms with Gasteiger partial charge < -0.3 is 19.8 Å². The molecule has 1 amide bonds. The first-order valence-electron chi connectivity index (χ1n) is 7.64. The van der Waals surface area contributed by atoms with Crippen LogP contribution >= 0.6 is 0 Å². The third kappa shape index (κ3) is 5.59. The largest absolute Gasteiger partial charge is 0.489 e. The lowest BCUT2D eigenvalue weighted by Crippen LogP contribution is -2.34. The van der Waals surface area contributed by atoms with Crippen LogP contribution < -0.4 is 15.6 Å². The summed E-state index contributed by atoms with van der Waals surface area (Å²) < 4.78 is 23.5. The Kier molecular flexibility index (Phi) is 5.74. The summed E-state index contributed by atoms with van der Waals surface area (Å²) in [7, 11) is 0. The lowest BCUT2D eigenvalue weighted by molar-refractivity contribution is 0.0531. The first-order chi connectivity index (χ1) is 11.8. The van der Waals surface area contributed by atoms with Gasteiger partial charge in [-0.15, -0.1) is 0 Å². The van der Waals surface area contributed by atoms with Crippen LogP contribution in [0.3, 0.4) is 0 Å². The number of aromatic nitrogens is 2. The van der Waals surface area contributed by atoms with E-state index >= 15 is 0 Å². The fourth-order valence-electron chi connectivity index (χ4n) is 1.95. The number of amides is 1. The van der Waals surface area contributed by atoms with E-state index in [0.717, 1.165) is 0 Å². The van der Waals surface area contributed by atoms with Crippen LogP contribution in [0.2, 0.25) is 0 Å². The van der Waals surface area contributed by atoms with Gasteiger partial charge in [-0.3, -0.25) is 4.79 Å². The average Bonchev–Trinajstić information content (AvgIpc) is 2.53. The van der Waals surface area contributed by atoms with Crippen LogP contribution in [0.5, 0.6) is 5.75 Å². The maximum absolute atomic E-state index is 13.0. The maximum Gasteiger partial charge on any atom is 0.407 e. The van der Waals surface area contributed by atoms with Crippen molar-refractivity contribution in [3.05, 3.63) is 46.8 Å². The first kappa shape index (κ1) is 18.4. The zero-order valence-corrected chi connectivity index (χ0v) is 14.3. The monoisotopic (exact) mass is 349 g/mol. The van der Waals surface area contributed by atoms with E-state index in [4.69, 9.17) is 9.47 Å². The van der Waals surface area contributed by atoms with Crippen molar-refractivity contribution in [3.63, 3.8) is 0 Å². The predicted octanol–water partition coefficient (Wildman–Crippen LogP) is 2.68. The van der Waals surface area contributed by atoms with Crippen LogP contribution in [-0.4, -0.2) is 34.8 Å². The Labute approximate surface area is 143 Å². The molecule has 7 nitrogen and oxygen atoms in total. The zero-order valence-electron chi connectivity index (χ0n) is 14.3. The minimum Gasteiger partial charge on any atom is -0.489 e. The highest BCUT2D eigenvalue weighted by molar-refractivity contribution is 5.78. The van der Waals surface area contributed by atoms with E-state index in [1.807, 2.05) is 0 Å². The van der Waals surface area contributed by atoms with Crippen molar-refractivity contribution in [2.45, 2.75) is 26.4 Å². The van der Waals surface area contributed by atoms with Gasteiger partial charge in [0.05, 0.1) is 23.6 Å². The molecule has 0 aliphatic carbocycles. The molecule has 0 atom stereocenters. The molecule has 0 unspecified atom stereocenters. The Balaban J connectivity index is 1.93. The Morgan fingerprint density at radius 1 is 1.40 bits per heavy atom. The highest BCUT2D eigenvalue weighted by Crippen LogP contribution is 2.17. The third-order valence-electron chi connectivity index (χ3n) is 3.06. The van der Waals surface area contributed by atoms with Crippen molar-refractivity contribution >= 4 is 17.0 Å². The minimum absolute atomic E-state index is 0.0419. The highest BCUT2D eigenvalue weighted by atomic mass is 19.1. The van der Waals surface area contributed by atoms with E-state index in [-0.39, 0.29) is 24.3 Å². The number of benzene rings is 1. The SMILES string of the molecule is CC(C)(C)OC(=O)NC/C(=C/F)COc1ccc2c(=O)nc[nH]c2c1. The van der Waals surface area contributed by atoms with Crippen molar-refractivity contribution < 1.29 is 18.7 Å². The number of hydrogen-bond acceptors (Lipinski definition) is 5. The van der Waals surface area contributed by atoms with Crippen molar-refractivity contribution in [2.24, 2.45) is 0 Å². The topological polar surface area (TPSA) is 93.3 Å². The van der Waals surface area contributed by atoms with Gasteiger partial charge in [-0.25, -0.2) is 9.18 Å². The van der Waals surface area contributed by atoms with E-state index < -0.39 is 11.7 Å². The second kappa shape index (κ2) is 7.78. The van der Waals surface area contributed by atoms with Crippen molar-refractivity contribution in [3.8, 4) is 5.75 Å². The molecule has 1 aromatic heterocycles. The summed E-state index contributed by atoms with van der Waals surface area (Å²) in [5.41, 5.74) is -0.174. The number of H-pyrrole nitrogens is 1. The van der Waals surface area contributed by atoms with Crippen molar-refractivity contribution in [2.75, 3.05) is 13.2 Å². The van der Waals surface area contributed by atoms with Crippen LogP contribution in [0.1, 0.15) is 20.8 Å². The number of hydrogen-bond donors (Lipinski definition) is 2. The second-order valence-electron chi connectivity index (χ2n) is 6.33. The number of carbonyl (C=O) groups is 1. The third-order valence-corrected chi connectivity index (χ3v) is 3.06. The van der Waals surface area contributed by atoms with Gasteiger partial charge in [-0.2, -0.15) is 4.98 Å². The summed E-state index contributed by atoms with van der Waals surface area (Å²) in [6, 6.07) is 4.79. The number of halogens is 1. The predicted molar refractivity (Wildman–Crippen MR) is 91.3 cm³/mol. The lowest BCUT2D eigenvalue weighted by Gasteiger charge is -2.20. The molecule has 2 aromatic rings. The van der Waals surface area contributed by atoms with Gasteiger partial charge in [-0.1, -0.05) is 0 Å². The lowest BCUT2D eigenvalue weighted by atomic mass is 10.2. The number of rotatable bonds is 5. The van der Waals surface area contributed by atoms with E-state index in [9.17, 15) is 14.0 Å². The molecule has 0 aliphatic rings. The van der Waals surface area contributed by atoms with E-state index in [1.165, 1.54) is 6.33 Å². The zero-order chi connectivity index (χ0) is 18.4. The number of fused-ring (bicyclic) bond motifs is 1. The second-order valence-corrected chi connectivity index (χ2v) is 6.33. The molecule has 1 heterocycles. The van der Waals surface area contributed by atoms with Gasteiger partial charge in [0.1, 0.15) is 18.0 Å². The molecule has 0 aliphatic heterocycles. The van der Waals surface area contributed by atoms with Crippen LogP contribution in [0.25, 0.3) is 10.9 Å². The van der Waals surface area contributed by atoms with Gasteiger partial charge >= 0.3 is 6.09 Å². The molecule has 0 radical (unpaired) electrons. The molecule has 0 saturated heterocycles. The first-order valence-corrected chi connectivity index (χ1v) is 7.64.